The highest BCUT2D eigenvalue weighted by atomic mass is 35.5. The maximum absolute atomic E-state index is 5.98. The van der Waals surface area contributed by atoms with Gasteiger partial charge in [0.25, 0.3) is 0 Å². The van der Waals surface area contributed by atoms with E-state index in [0.29, 0.717) is 10.7 Å². The van der Waals surface area contributed by atoms with E-state index in [2.05, 4.69) is 4.98 Å². The lowest BCUT2D eigenvalue weighted by Gasteiger charge is -1.97. The molecule has 0 bridgehead atoms. The van der Waals surface area contributed by atoms with Crippen LogP contribution < -0.4 is 5.73 Å². The van der Waals surface area contributed by atoms with Crippen LogP contribution in [0.25, 0.3) is 10.2 Å². The van der Waals surface area contributed by atoms with Gasteiger partial charge in [0.15, 0.2) is 0 Å². The summed E-state index contributed by atoms with van der Waals surface area (Å²) in [4.78, 5) is 4.20. The van der Waals surface area contributed by atoms with Crippen LogP contribution in [0.5, 0.6) is 0 Å². The van der Waals surface area contributed by atoms with Gasteiger partial charge >= 0.3 is 0 Å². The van der Waals surface area contributed by atoms with Gasteiger partial charge in [-0.05, 0) is 17.9 Å². The van der Waals surface area contributed by atoms with E-state index in [-0.39, 0.29) is 0 Å². The van der Waals surface area contributed by atoms with E-state index in [1.165, 1.54) is 0 Å². The van der Waals surface area contributed by atoms with Gasteiger partial charge < -0.3 is 5.73 Å². The number of rotatable bonds is 0. The van der Waals surface area contributed by atoms with Crippen molar-refractivity contribution in [3.05, 3.63) is 22.2 Å². The summed E-state index contributed by atoms with van der Waals surface area (Å²) in [5.41, 5.74) is 8.26. The first-order valence-corrected chi connectivity index (χ1v) is 4.73. The first-order valence-electron chi connectivity index (χ1n) is 3.48. The zero-order valence-corrected chi connectivity index (χ0v) is 8.04. The number of hydrogen-bond donors (Lipinski definition) is 1. The Morgan fingerprint density at radius 3 is 3.08 bits per heavy atom. The quantitative estimate of drug-likeness (QED) is 0.707. The third kappa shape index (κ3) is 0.974. The molecule has 2 nitrogen and oxygen atoms in total. The van der Waals surface area contributed by atoms with E-state index in [0.717, 1.165) is 15.8 Å². The summed E-state index contributed by atoms with van der Waals surface area (Å²) in [6.45, 7) is 2.01. The molecule has 2 N–H and O–H groups in total. The van der Waals surface area contributed by atoms with Crippen LogP contribution in [0.1, 0.15) is 5.56 Å². The van der Waals surface area contributed by atoms with Crippen molar-refractivity contribution in [2.75, 3.05) is 5.73 Å². The summed E-state index contributed by atoms with van der Waals surface area (Å²) in [7, 11) is 0. The Morgan fingerprint density at radius 2 is 2.33 bits per heavy atom. The molecule has 12 heavy (non-hydrogen) atoms. The Labute approximate surface area is 79.0 Å². The largest absolute Gasteiger partial charge is 0.396 e. The number of aryl methyl sites for hydroxylation is 1. The van der Waals surface area contributed by atoms with Crippen LogP contribution in [0.15, 0.2) is 11.6 Å². The van der Waals surface area contributed by atoms with Gasteiger partial charge in [-0.3, -0.25) is 4.98 Å². The molecule has 4 heteroatoms. The second-order valence-corrected chi connectivity index (χ2v) is 3.88. The molecule has 0 aliphatic carbocycles. The highest BCUT2D eigenvalue weighted by Gasteiger charge is 2.07. The highest BCUT2D eigenvalue weighted by molar-refractivity contribution is 7.18. The third-order valence-electron chi connectivity index (χ3n) is 1.73. The number of thiophene rings is 1. The fourth-order valence-electron chi connectivity index (χ4n) is 1.08. The smallest absolute Gasteiger partial charge is 0.0855 e. The predicted molar refractivity (Wildman–Crippen MR) is 53.8 cm³/mol. The first-order chi connectivity index (χ1) is 5.70. The van der Waals surface area contributed by atoms with E-state index in [1.807, 2.05) is 12.3 Å². The van der Waals surface area contributed by atoms with Gasteiger partial charge in [0.05, 0.1) is 27.1 Å². The van der Waals surface area contributed by atoms with E-state index in [4.69, 9.17) is 17.3 Å². The lowest BCUT2D eigenvalue weighted by Crippen LogP contribution is -1.87. The lowest BCUT2D eigenvalue weighted by atomic mass is 10.3. The predicted octanol–water partition coefficient (Wildman–Crippen LogP) is 2.84. The Balaban J connectivity index is 2.93. The van der Waals surface area contributed by atoms with Crippen LogP contribution >= 0.6 is 22.9 Å². The summed E-state index contributed by atoms with van der Waals surface area (Å²) in [6.07, 6.45) is 1.60. The average molecular weight is 199 g/mol. The number of nitrogens with two attached hydrogens (primary N) is 1. The molecular formula is C8H7ClN2S. The van der Waals surface area contributed by atoms with Crippen LogP contribution in [0.2, 0.25) is 5.02 Å². The molecule has 0 aromatic carbocycles. The third-order valence-corrected chi connectivity index (χ3v) is 3.35. The van der Waals surface area contributed by atoms with E-state index in [9.17, 15) is 0 Å². The van der Waals surface area contributed by atoms with Crippen LogP contribution in [-0.4, -0.2) is 4.98 Å². The van der Waals surface area contributed by atoms with E-state index < -0.39 is 0 Å². The molecule has 0 fully saturated rings. The van der Waals surface area contributed by atoms with Crippen LogP contribution in [-0.2, 0) is 0 Å². The van der Waals surface area contributed by atoms with Crippen molar-refractivity contribution in [2.45, 2.75) is 6.92 Å². The fraction of sp³-hybridized carbons (Fsp3) is 0.125. The molecule has 0 amide bonds. The van der Waals surface area contributed by atoms with Crippen molar-refractivity contribution < 1.29 is 0 Å². The highest BCUT2D eigenvalue weighted by Crippen LogP contribution is 2.33. The van der Waals surface area contributed by atoms with Gasteiger partial charge in [-0.1, -0.05) is 11.6 Å². The summed E-state index contributed by atoms with van der Waals surface area (Å²) in [5, 5.41) is 2.65. The summed E-state index contributed by atoms with van der Waals surface area (Å²) >= 11 is 7.57. The molecule has 2 aromatic heterocycles. The van der Waals surface area contributed by atoms with Gasteiger partial charge in [0.1, 0.15) is 0 Å². The molecule has 2 rings (SSSR count). The average Bonchev–Trinajstić information content (AvgIpc) is 2.41. The zero-order chi connectivity index (χ0) is 8.72. The number of pyridine rings is 1. The second kappa shape index (κ2) is 2.61. The molecule has 62 valence electrons. The number of fused-ring (bicyclic) bond motifs is 1. The minimum atomic E-state index is 0.547. The first kappa shape index (κ1) is 7.83. The van der Waals surface area contributed by atoms with E-state index >= 15 is 0 Å². The van der Waals surface area contributed by atoms with Crippen LogP contribution in [0.3, 0.4) is 0 Å². The second-order valence-electron chi connectivity index (χ2n) is 2.62. The van der Waals surface area contributed by atoms with Gasteiger partial charge in [0.2, 0.25) is 0 Å². The minimum absolute atomic E-state index is 0.547. The summed E-state index contributed by atoms with van der Waals surface area (Å²) < 4.78 is 0.981. The molecule has 0 atom stereocenters. The van der Waals surface area contributed by atoms with Gasteiger partial charge in [-0.2, -0.15) is 0 Å². The SMILES string of the molecule is Cc1csc2c(Cl)c(N)cnc12. The molecule has 0 spiro atoms. The number of aromatic nitrogens is 1. The maximum atomic E-state index is 5.98. The number of anilines is 1. The Bertz CT molecular complexity index is 436. The molecular weight excluding hydrogens is 192 g/mol. The maximum Gasteiger partial charge on any atom is 0.0855 e. The van der Waals surface area contributed by atoms with Crippen LogP contribution in [0, 0.1) is 6.92 Å². The van der Waals surface area contributed by atoms with Crippen molar-refractivity contribution in [3.63, 3.8) is 0 Å². The van der Waals surface area contributed by atoms with Crippen molar-refractivity contribution in [2.24, 2.45) is 0 Å². The molecule has 0 saturated heterocycles. The summed E-state index contributed by atoms with van der Waals surface area (Å²) in [6, 6.07) is 0. The molecule has 0 aliphatic heterocycles. The number of nitrogen functional groups attached to an aromatic ring is 1. The Hall–Kier alpha value is -0.800. The monoisotopic (exact) mass is 198 g/mol. The standard InChI is InChI=1S/C8H7ClN2S/c1-4-3-12-8-6(9)5(10)2-11-7(4)8/h2-3H,10H2,1H3. The van der Waals surface area contributed by atoms with Crippen molar-refractivity contribution in [1.82, 2.24) is 4.98 Å². The van der Waals surface area contributed by atoms with Gasteiger partial charge in [-0.15, -0.1) is 11.3 Å². The zero-order valence-electron chi connectivity index (χ0n) is 6.47. The topological polar surface area (TPSA) is 38.9 Å². The van der Waals surface area contributed by atoms with Crippen LogP contribution in [0.4, 0.5) is 5.69 Å². The Kier molecular flexibility index (Phi) is 1.70. The van der Waals surface area contributed by atoms with Crippen molar-refractivity contribution >= 4 is 38.8 Å². The van der Waals surface area contributed by atoms with Gasteiger partial charge in [-0.25, -0.2) is 0 Å². The molecule has 0 radical (unpaired) electrons. The summed E-state index contributed by atoms with van der Waals surface area (Å²) in [5.74, 6) is 0. The fourth-order valence-corrected chi connectivity index (χ4v) is 2.30. The number of halogens is 1. The number of nitrogens with zero attached hydrogens (tertiary/aromatic N) is 1. The normalized spacial score (nSPS) is 10.8. The minimum Gasteiger partial charge on any atom is -0.396 e. The molecule has 0 unspecified atom stereocenters. The molecule has 2 aromatic rings. The van der Waals surface area contributed by atoms with Gasteiger partial charge in [0, 0.05) is 0 Å². The molecule has 2 heterocycles. The molecule has 0 saturated carbocycles. The van der Waals surface area contributed by atoms with E-state index in [1.54, 1.807) is 17.5 Å². The van der Waals surface area contributed by atoms with Crippen molar-refractivity contribution in [3.8, 4) is 0 Å². The van der Waals surface area contributed by atoms with Crippen molar-refractivity contribution in [1.29, 1.82) is 0 Å². The molecule has 0 aliphatic rings. The number of hydrogen-bond acceptors (Lipinski definition) is 3. The lowest BCUT2D eigenvalue weighted by molar-refractivity contribution is 1.39. The Morgan fingerprint density at radius 1 is 1.58 bits per heavy atom.